The van der Waals surface area contributed by atoms with Crippen LogP contribution in [0.3, 0.4) is 0 Å². The number of benzene rings is 1. The summed E-state index contributed by atoms with van der Waals surface area (Å²) in [6, 6.07) is 5.91. The van der Waals surface area contributed by atoms with Crippen molar-refractivity contribution < 1.29 is 4.74 Å². The van der Waals surface area contributed by atoms with Crippen molar-refractivity contribution in [1.82, 2.24) is 0 Å². The summed E-state index contributed by atoms with van der Waals surface area (Å²) in [6.07, 6.45) is 5.34. The minimum Gasteiger partial charge on any atom is -0.491 e. The van der Waals surface area contributed by atoms with E-state index in [0.29, 0.717) is 0 Å². The monoisotopic (exact) mass is 205 g/mol. The lowest BCUT2D eigenvalue weighted by molar-refractivity contribution is 0.252. The van der Waals surface area contributed by atoms with Gasteiger partial charge in [-0.2, -0.15) is 0 Å². The lowest BCUT2D eigenvalue weighted by atomic mass is 10.1. The lowest BCUT2D eigenvalue weighted by Crippen LogP contribution is -2.09. The molecule has 2 N–H and O–H groups in total. The normalized spacial score (nSPS) is 16.9. The Morgan fingerprint density at radius 3 is 2.73 bits per heavy atom. The molecule has 1 saturated carbocycles. The number of anilines is 1. The first-order valence-corrected chi connectivity index (χ1v) is 5.75. The summed E-state index contributed by atoms with van der Waals surface area (Å²) >= 11 is 0. The molecule has 1 aliphatic carbocycles. The Morgan fingerprint density at radius 1 is 1.33 bits per heavy atom. The molecule has 2 rings (SSSR count). The number of rotatable bonds is 3. The standard InChI is InChI=1S/C13H19NO/c1-10-5-4-8-12(14)13(10)15-9-11-6-2-3-7-11/h4-5,8,11H,2-3,6-7,9,14H2,1H3. The van der Waals surface area contributed by atoms with E-state index >= 15 is 0 Å². The molecule has 0 atom stereocenters. The van der Waals surface area contributed by atoms with Crippen LogP contribution in [0, 0.1) is 12.8 Å². The fourth-order valence-corrected chi connectivity index (χ4v) is 2.25. The van der Waals surface area contributed by atoms with E-state index in [4.69, 9.17) is 10.5 Å². The van der Waals surface area contributed by atoms with Gasteiger partial charge in [0, 0.05) is 0 Å². The van der Waals surface area contributed by atoms with Gasteiger partial charge in [-0.05, 0) is 37.3 Å². The maximum atomic E-state index is 5.88. The maximum Gasteiger partial charge on any atom is 0.145 e. The van der Waals surface area contributed by atoms with Crippen LogP contribution in [-0.4, -0.2) is 6.61 Å². The predicted molar refractivity (Wildman–Crippen MR) is 63.0 cm³/mol. The van der Waals surface area contributed by atoms with Crippen LogP contribution in [-0.2, 0) is 0 Å². The van der Waals surface area contributed by atoms with Crippen LogP contribution < -0.4 is 10.5 Å². The molecule has 0 aromatic heterocycles. The van der Waals surface area contributed by atoms with Crippen LogP contribution in [0.4, 0.5) is 5.69 Å². The third kappa shape index (κ3) is 2.44. The second-order valence-electron chi connectivity index (χ2n) is 4.45. The molecule has 0 saturated heterocycles. The average molecular weight is 205 g/mol. The minimum atomic E-state index is 0.740. The molecule has 1 fully saturated rings. The number of para-hydroxylation sites is 1. The highest BCUT2D eigenvalue weighted by molar-refractivity contribution is 5.56. The van der Waals surface area contributed by atoms with Gasteiger partial charge in [0.15, 0.2) is 0 Å². The van der Waals surface area contributed by atoms with Crippen molar-refractivity contribution in [1.29, 1.82) is 0 Å². The molecule has 0 heterocycles. The van der Waals surface area contributed by atoms with Crippen molar-refractivity contribution >= 4 is 5.69 Å². The first-order chi connectivity index (χ1) is 7.27. The summed E-state index contributed by atoms with van der Waals surface area (Å²) in [5, 5.41) is 0. The highest BCUT2D eigenvalue weighted by atomic mass is 16.5. The fraction of sp³-hybridized carbons (Fsp3) is 0.538. The Bertz CT molecular complexity index is 309. The van der Waals surface area contributed by atoms with Gasteiger partial charge in [-0.25, -0.2) is 0 Å². The van der Waals surface area contributed by atoms with Crippen LogP contribution >= 0.6 is 0 Å². The van der Waals surface area contributed by atoms with Crippen LogP contribution in [0.2, 0.25) is 0 Å². The summed E-state index contributed by atoms with van der Waals surface area (Å²) in [4.78, 5) is 0. The molecule has 0 aliphatic heterocycles. The van der Waals surface area contributed by atoms with Crippen molar-refractivity contribution in [3.05, 3.63) is 23.8 Å². The third-order valence-corrected chi connectivity index (χ3v) is 3.18. The number of nitrogens with two attached hydrogens (primary N) is 1. The number of ether oxygens (including phenoxy) is 1. The van der Waals surface area contributed by atoms with E-state index in [0.717, 1.165) is 29.5 Å². The Kier molecular flexibility index (Phi) is 3.14. The van der Waals surface area contributed by atoms with Gasteiger partial charge in [-0.3, -0.25) is 0 Å². The third-order valence-electron chi connectivity index (χ3n) is 3.18. The van der Waals surface area contributed by atoms with Gasteiger partial charge >= 0.3 is 0 Å². The first kappa shape index (κ1) is 10.3. The molecule has 15 heavy (non-hydrogen) atoms. The maximum absolute atomic E-state index is 5.88. The topological polar surface area (TPSA) is 35.2 Å². The molecule has 0 unspecified atom stereocenters. The molecule has 0 amide bonds. The summed E-state index contributed by atoms with van der Waals surface area (Å²) in [7, 11) is 0. The van der Waals surface area contributed by atoms with E-state index in [-0.39, 0.29) is 0 Å². The van der Waals surface area contributed by atoms with Gasteiger partial charge in [0.1, 0.15) is 5.75 Å². The molecule has 1 aliphatic rings. The zero-order valence-electron chi connectivity index (χ0n) is 9.33. The van der Waals surface area contributed by atoms with E-state index in [1.807, 2.05) is 25.1 Å². The molecule has 0 spiro atoms. The quantitative estimate of drug-likeness (QED) is 0.769. The number of hydrogen-bond donors (Lipinski definition) is 1. The molecule has 0 radical (unpaired) electrons. The zero-order valence-corrected chi connectivity index (χ0v) is 9.33. The zero-order chi connectivity index (χ0) is 10.7. The molecule has 2 nitrogen and oxygen atoms in total. The van der Waals surface area contributed by atoms with Gasteiger partial charge in [-0.1, -0.05) is 25.0 Å². The summed E-state index contributed by atoms with van der Waals surface area (Å²) in [5.74, 6) is 1.62. The molecule has 82 valence electrons. The van der Waals surface area contributed by atoms with E-state index in [9.17, 15) is 0 Å². The number of aryl methyl sites for hydroxylation is 1. The van der Waals surface area contributed by atoms with Crippen molar-refractivity contribution in [3.8, 4) is 5.75 Å². The predicted octanol–water partition coefficient (Wildman–Crippen LogP) is 3.15. The lowest BCUT2D eigenvalue weighted by Gasteiger charge is -2.14. The Hall–Kier alpha value is -1.18. The number of nitrogen functional groups attached to an aromatic ring is 1. The smallest absolute Gasteiger partial charge is 0.145 e. The summed E-state index contributed by atoms with van der Waals surface area (Å²) < 4.78 is 5.83. The largest absolute Gasteiger partial charge is 0.491 e. The highest BCUT2D eigenvalue weighted by Gasteiger charge is 2.16. The highest BCUT2D eigenvalue weighted by Crippen LogP contribution is 2.29. The van der Waals surface area contributed by atoms with Crippen LogP contribution in [0.25, 0.3) is 0 Å². The van der Waals surface area contributed by atoms with Gasteiger partial charge in [-0.15, -0.1) is 0 Å². The second kappa shape index (κ2) is 4.56. The van der Waals surface area contributed by atoms with Crippen molar-refractivity contribution in [2.75, 3.05) is 12.3 Å². The molecule has 2 heteroatoms. The molecule has 0 bridgehead atoms. The fourth-order valence-electron chi connectivity index (χ4n) is 2.25. The van der Waals surface area contributed by atoms with E-state index < -0.39 is 0 Å². The Labute approximate surface area is 91.4 Å². The van der Waals surface area contributed by atoms with Crippen molar-refractivity contribution in [2.45, 2.75) is 32.6 Å². The van der Waals surface area contributed by atoms with Crippen LogP contribution in [0.5, 0.6) is 5.75 Å². The molecule has 1 aromatic rings. The van der Waals surface area contributed by atoms with E-state index in [1.165, 1.54) is 25.7 Å². The second-order valence-corrected chi connectivity index (χ2v) is 4.45. The number of hydrogen-bond acceptors (Lipinski definition) is 2. The first-order valence-electron chi connectivity index (χ1n) is 5.75. The average Bonchev–Trinajstić information content (AvgIpc) is 2.70. The van der Waals surface area contributed by atoms with Gasteiger partial charge in [0.2, 0.25) is 0 Å². The van der Waals surface area contributed by atoms with E-state index in [2.05, 4.69) is 0 Å². The molecule has 1 aromatic carbocycles. The van der Waals surface area contributed by atoms with Crippen molar-refractivity contribution in [3.63, 3.8) is 0 Å². The van der Waals surface area contributed by atoms with Crippen LogP contribution in [0.15, 0.2) is 18.2 Å². The summed E-state index contributed by atoms with van der Waals surface area (Å²) in [6.45, 7) is 2.87. The van der Waals surface area contributed by atoms with Gasteiger partial charge < -0.3 is 10.5 Å². The summed E-state index contributed by atoms with van der Waals surface area (Å²) in [5.41, 5.74) is 7.77. The van der Waals surface area contributed by atoms with Gasteiger partial charge in [0.05, 0.1) is 12.3 Å². The van der Waals surface area contributed by atoms with E-state index in [1.54, 1.807) is 0 Å². The van der Waals surface area contributed by atoms with Crippen LogP contribution in [0.1, 0.15) is 31.2 Å². The minimum absolute atomic E-state index is 0.740. The molecular weight excluding hydrogens is 186 g/mol. The molecular formula is C13H19NO. The van der Waals surface area contributed by atoms with Gasteiger partial charge in [0.25, 0.3) is 0 Å². The Balaban J connectivity index is 1.97. The Morgan fingerprint density at radius 2 is 2.07 bits per heavy atom. The SMILES string of the molecule is Cc1cccc(N)c1OCC1CCCC1. The van der Waals surface area contributed by atoms with Crippen molar-refractivity contribution in [2.24, 2.45) is 5.92 Å².